The van der Waals surface area contributed by atoms with E-state index in [0.29, 0.717) is 18.8 Å². The van der Waals surface area contributed by atoms with Gasteiger partial charge in [0, 0.05) is 24.3 Å². The Morgan fingerprint density at radius 3 is 2.55 bits per heavy atom. The van der Waals surface area contributed by atoms with Gasteiger partial charge in [-0.1, -0.05) is 0 Å². The Balaban J connectivity index is 2.12. The SMILES string of the molecule is CCOc1cc(N)cc(CN(C(=O)OC(C)(C)C)C2CC2)c1. The highest BCUT2D eigenvalue weighted by Gasteiger charge is 2.35. The standard InChI is InChI=1S/C17H26N2O3/c1-5-21-15-9-12(8-13(18)10-15)11-19(14-6-7-14)16(20)22-17(2,3)4/h8-10,14H,5-7,11,18H2,1-4H3. The molecule has 0 bridgehead atoms. The van der Waals surface area contributed by atoms with E-state index < -0.39 is 5.60 Å². The fraction of sp³-hybridized carbons (Fsp3) is 0.588. The highest BCUT2D eigenvalue weighted by Crippen LogP contribution is 2.31. The minimum atomic E-state index is -0.490. The molecule has 5 heteroatoms. The minimum Gasteiger partial charge on any atom is -0.494 e. The molecule has 2 N–H and O–H groups in total. The molecule has 0 unspecified atom stereocenters. The molecule has 1 aliphatic carbocycles. The smallest absolute Gasteiger partial charge is 0.410 e. The maximum absolute atomic E-state index is 12.4. The third-order valence-corrected chi connectivity index (χ3v) is 3.27. The number of nitrogens with two attached hydrogens (primary N) is 1. The van der Waals surface area contributed by atoms with Crippen LogP contribution in [0.15, 0.2) is 18.2 Å². The number of hydrogen-bond donors (Lipinski definition) is 1. The van der Waals surface area contributed by atoms with Crippen LogP contribution in [0.4, 0.5) is 10.5 Å². The molecule has 1 saturated carbocycles. The van der Waals surface area contributed by atoms with Gasteiger partial charge in [-0.05, 0) is 58.2 Å². The van der Waals surface area contributed by atoms with Gasteiger partial charge in [0.05, 0.1) is 6.61 Å². The molecule has 1 aromatic rings. The van der Waals surface area contributed by atoms with Crippen molar-refractivity contribution in [2.24, 2.45) is 0 Å². The maximum Gasteiger partial charge on any atom is 0.410 e. The highest BCUT2D eigenvalue weighted by molar-refractivity contribution is 5.69. The van der Waals surface area contributed by atoms with Crippen LogP contribution >= 0.6 is 0 Å². The largest absolute Gasteiger partial charge is 0.494 e. The van der Waals surface area contributed by atoms with Gasteiger partial charge < -0.3 is 20.1 Å². The van der Waals surface area contributed by atoms with Crippen molar-refractivity contribution >= 4 is 11.8 Å². The molecule has 0 radical (unpaired) electrons. The Bertz CT molecular complexity index is 533. The van der Waals surface area contributed by atoms with Crippen molar-refractivity contribution < 1.29 is 14.3 Å². The molecule has 0 heterocycles. The quantitative estimate of drug-likeness (QED) is 0.845. The third-order valence-electron chi connectivity index (χ3n) is 3.27. The van der Waals surface area contributed by atoms with Crippen LogP contribution in [0.5, 0.6) is 5.75 Å². The summed E-state index contributed by atoms with van der Waals surface area (Å²) in [5, 5.41) is 0. The van der Waals surface area contributed by atoms with Crippen molar-refractivity contribution in [3.8, 4) is 5.75 Å². The molecule has 1 fully saturated rings. The molecule has 0 aromatic heterocycles. The zero-order valence-electron chi connectivity index (χ0n) is 13.9. The van der Waals surface area contributed by atoms with Crippen molar-refractivity contribution in [2.75, 3.05) is 12.3 Å². The fourth-order valence-corrected chi connectivity index (χ4v) is 2.27. The molecule has 0 spiro atoms. The molecule has 122 valence electrons. The first-order valence-corrected chi connectivity index (χ1v) is 7.80. The summed E-state index contributed by atoms with van der Waals surface area (Å²) in [6, 6.07) is 5.87. The van der Waals surface area contributed by atoms with Crippen molar-refractivity contribution in [3.63, 3.8) is 0 Å². The maximum atomic E-state index is 12.4. The molecule has 1 amide bonds. The van der Waals surface area contributed by atoms with Crippen molar-refractivity contribution in [1.29, 1.82) is 0 Å². The summed E-state index contributed by atoms with van der Waals surface area (Å²) >= 11 is 0. The Labute approximate surface area is 132 Å². The van der Waals surface area contributed by atoms with Gasteiger partial charge in [-0.25, -0.2) is 4.79 Å². The Hall–Kier alpha value is -1.91. The van der Waals surface area contributed by atoms with E-state index in [9.17, 15) is 4.79 Å². The second-order valence-electron chi connectivity index (χ2n) is 6.68. The highest BCUT2D eigenvalue weighted by atomic mass is 16.6. The Morgan fingerprint density at radius 2 is 2.00 bits per heavy atom. The van der Waals surface area contributed by atoms with E-state index in [1.54, 1.807) is 11.0 Å². The predicted octanol–water partition coefficient (Wildman–Crippen LogP) is 3.57. The molecule has 5 nitrogen and oxygen atoms in total. The summed E-state index contributed by atoms with van der Waals surface area (Å²) in [6.45, 7) is 8.64. The average Bonchev–Trinajstić information content (AvgIpc) is 3.17. The number of ether oxygens (including phenoxy) is 2. The van der Waals surface area contributed by atoms with E-state index in [0.717, 1.165) is 24.2 Å². The zero-order valence-corrected chi connectivity index (χ0v) is 13.9. The number of benzene rings is 1. The van der Waals surface area contributed by atoms with Crippen molar-refractivity contribution in [1.82, 2.24) is 4.90 Å². The number of rotatable bonds is 5. The summed E-state index contributed by atoms with van der Waals surface area (Å²) in [5.74, 6) is 0.734. The molecule has 1 aliphatic rings. The summed E-state index contributed by atoms with van der Waals surface area (Å²) < 4.78 is 11.0. The van der Waals surface area contributed by atoms with E-state index in [4.69, 9.17) is 15.2 Å². The second-order valence-corrected chi connectivity index (χ2v) is 6.68. The van der Waals surface area contributed by atoms with Crippen LogP contribution in [0, 0.1) is 0 Å². The minimum absolute atomic E-state index is 0.268. The number of amides is 1. The van der Waals surface area contributed by atoms with Gasteiger partial charge in [-0.15, -0.1) is 0 Å². The molecule has 22 heavy (non-hydrogen) atoms. The van der Waals surface area contributed by atoms with Crippen LogP contribution in [0.2, 0.25) is 0 Å². The Morgan fingerprint density at radius 1 is 1.32 bits per heavy atom. The van der Waals surface area contributed by atoms with Gasteiger partial charge in [0.25, 0.3) is 0 Å². The molecule has 2 rings (SSSR count). The number of anilines is 1. The van der Waals surface area contributed by atoms with Crippen LogP contribution < -0.4 is 10.5 Å². The first-order valence-electron chi connectivity index (χ1n) is 7.80. The average molecular weight is 306 g/mol. The number of nitrogens with zero attached hydrogens (tertiary/aromatic N) is 1. The van der Waals surface area contributed by atoms with Crippen LogP contribution in [0.3, 0.4) is 0 Å². The van der Waals surface area contributed by atoms with Gasteiger partial charge in [-0.3, -0.25) is 0 Å². The lowest BCUT2D eigenvalue weighted by molar-refractivity contribution is 0.0216. The van der Waals surface area contributed by atoms with Crippen LogP contribution in [0.25, 0.3) is 0 Å². The summed E-state index contributed by atoms with van der Waals surface area (Å²) in [4.78, 5) is 14.2. The van der Waals surface area contributed by atoms with Crippen molar-refractivity contribution in [2.45, 2.75) is 58.7 Å². The van der Waals surface area contributed by atoms with Crippen molar-refractivity contribution in [3.05, 3.63) is 23.8 Å². The molecule has 0 saturated heterocycles. The molecular formula is C17H26N2O3. The summed E-state index contributed by atoms with van der Waals surface area (Å²) in [7, 11) is 0. The normalized spacial score (nSPS) is 14.5. The zero-order chi connectivity index (χ0) is 16.3. The summed E-state index contributed by atoms with van der Waals surface area (Å²) in [5.41, 5.74) is 7.03. The van der Waals surface area contributed by atoms with Gasteiger partial charge in [0.1, 0.15) is 11.4 Å². The summed E-state index contributed by atoms with van der Waals surface area (Å²) in [6.07, 6.45) is 1.79. The fourth-order valence-electron chi connectivity index (χ4n) is 2.27. The van der Waals surface area contributed by atoms with Gasteiger partial charge >= 0.3 is 6.09 Å². The van der Waals surface area contributed by atoms with E-state index in [1.807, 2.05) is 39.8 Å². The third kappa shape index (κ3) is 4.83. The second kappa shape index (κ2) is 6.46. The number of nitrogen functional groups attached to an aromatic ring is 1. The topological polar surface area (TPSA) is 64.8 Å². The molecule has 1 aromatic carbocycles. The van der Waals surface area contributed by atoms with Gasteiger partial charge in [0.2, 0.25) is 0 Å². The number of hydrogen-bond acceptors (Lipinski definition) is 4. The van der Waals surface area contributed by atoms with Gasteiger partial charge in [0.15, 0.2) is 0 Å². The van der Waals surface area contributed by atoms with E-state index in [2.05, 4.69) is 0 Å². The van der Waals surface area contributed by atoms with E-state index >= 15 is 0 Å². The lowest BCUT2D eigenvalue weighted by Crippen LogP contribution is -2.37. The number of carbonyl (C=O) groups is 1. The Kier molecular flexibility index (Phi) is 4.84. The van der Waals surface area contributed by atoms with Crippen LogP contribution in [0.1, 0.15) is 46.1 Å². The first kappa shape index (κ1) is 16.5. The molecule has 0 aliphatic heterocycles. The molecular weight excluding hydrogens is 280 g/mol. The van der Waals surface area contributed by atoms with E-state index in [1.165, 1.54) is 0 Å². The van der Waals surface area contributed by atoms with Crippen LogP contribution in [-0.2, 0) is 11.3 Å². The van der Waals surface area contributed by atoms with E-state index in [-0.39, 0.29) is 12.1 Å². The monoisotopic (exact) mass is 306 g/mol. The lowest BCUT2D eigenvalue weighted by atomic mass is 10.1. The number of carbonyl (C=O) groups excluding carboxylic acids is 1. The molecule has 0 atom stereocenters. The first-order chi connectivity index (χ1) is 10.3. The lowest BCUT2D eigenvalue weighted by Gasteiger charge is -2.27. The van der Waals surface area contributed by atoms with Crippen LogP contribution in [-0.4, -0.2) is 29.2 Å². The predicted molar refractivity (Wildman–Crippen MR) is 86.8 cm³/mol. The van der Waals surface area contributed by atoms with Gasteiger partial charge in [-0.2, -0.15) is 0 Å².